The number of rotatable bonds is 3. The van der Waals surface area contributed by atoms with Crippen LogP contribution in [0.2, 0.25) is 0 Å². The van der Waals surface area contributed by atoms with Crippen molar-refractivity contribution in [1.82, 2.24) is 0 Å². The summed E-state index contributed by atoms with van der Waals surface area (Å²) in [5.74, 6) is 0.514. The van der Waals surface area contributed by atoms with Gasteiger partial charge >= 0.3 is 0 Å². The topological polar surface area (TPSA) is 0 Å². The summed E-state index contributed by atoms with van der Waals surface area (Å²) in [6.07, 6.45) is 11.5. The molecule has 0 radical (unpaired) electrons. The van der Waals surface area contributed by atoms with E-state index in [4.69, 9.17) is 0 Å². The Labute approximate surface area is 90.7 Å². The van der Waals surface area contributed by atoms with E-state index in [1.165, 1.54) is 0 Å². The predicted molar refractivity (Wildman–Crippen MR) is 62.0 cm³/mol. The van der Waals surface area contributed by atoms with Crippen LogP contribution in [0.4, 0.5) is 0 Å². The van der Waals surface area contributed by atoms with E-state index in [1.54, 1.807) is 0 Å². The first-order valence-corrected chi connectivity index (χ1v) is 5.86. The van der Waals surface area contributed by atoms with Gasteiger partial charge in [0, 0.05) is 11.2 Å². The summed E-state index contributed by atoms with van der Waals surface area (Å²) in [4.78, 5) is 0. The molecule has 2 atom stereocenters. The average molecular weight is 292 g/mol. The zero-order chi connectivity index (χ0) is 9.03. The van der Waals surface area contributed by atoms with E-state index >= 15 is 0 Å². The summed E-state index contributed by atoms with van der Waals surface area (Å²) in [6.45, 7) is 3.77. The van der Waals surface area contributed by atoms with Crippen LogP contribution in [0.5, 0.6) is 0 Å². The number of hydrogen-bond acceptors (Lipinski definition) is 0. The highest BCUT2D eigenvalue weighted by Gasteiger charge is 2.31. The van der Waals surface area contributed by atoms with E-state index in [9.17, 15) is 0 Å². The van der Waals surface area contributed by atoms with Crippen molar-refractivity contribution in [3.05, 3.63) is 37.0 Å². The van der Waals surface area contributed by atoms with Crippen molar-refractivity contribution in [1.29, 1.82) is 0 Å². The summed E-state index contributed by atoms with van der Waals surface area (Å²) in [5.41, 5.74) is 0. The molecule has 1 rings (SSSR count). The Bertz CT molecular complexity index is 218. The van der Waals surface area contributed by atoms with Crippen LogP contribution in [0.15, 0.2) is 37.0 Å². The normalized spacial score (nSPS) is 33.7. The van der Waals surface area contributed by atoms with Gasteiger partial charge in [-0.2, -0.15) is 0 Å². The molecule has 12 heavy (non-hydrogen) atoms. The van der Waals surface area contributed by atoms with Crippen LogP contribution in [-0.2, 0) is 0 Å². The second kappa shape index (κ2) is 4.43. The van der Waals surface area contributed by atoms with E-state index < -0.39 is 0 Å². The second-order valence-electron chi connectivity index (χ2n) is 2.92. The lowest BCUT2D eigenvalue weighted by molar-refractivity contribution is 0.584. The highest BCUT2D eigenvalue weighted by atomic mass is 79.9. The van der Waals surface area contributed by atoms with E-state index in [2.05, 4.69) is 62.7 Å². The molecule has 0 saturated carbocycles. The quantitative estimate of drug-likeness (QED) is 0.548. The van der Waals surface area contributed by atoms with Crippen molar-refractivity contribution in [3.63, 3.8) is 0 Å². The maximum absolute atomic E-state index is 3.77. The van der Waals surface area contributed by atoms with Gasteiger partial charge in [-0.3, -0.25) is 0 Å². The molecule has 0 aliphatic heterocycles. The van der Waals surface area contributed by atoms with Crippen molar-refractivity contribution < 1.29 is 0 Å². The van der Waals surface area contributed by atoms with Crippen LogP contribution in [0.1, 0.15) is 6.42 Å². The van der Waals surface area contributed by atoms with Gasteiger partial charge in [0.2, 0.25) is 0 Å². The minimum absolute atomic E-state index is 0.0764. The maximum Gasteiger partial charge on any atom is 0.0544 e. The first-order valence-electron chi connectivity index (χ1n) is 3.95. The molecular formula is C10H12Br2. The van der Waals surface area contributed by atoms with Gasteiger partial charge in [-0.05, 0) is 6.42 Å². The first-order chi connectivity index (χ1) is 5.73. The highest BCUT2D eigenvalue weighted by molar-refractivity contribution is 9.10. The van der Waals surface area contributed by atoms with Crippen molar-refractivity contribution >= 4 is 31.9 Å². The van der Waals surface area contributed by atoms with E-state index in [0.29, 0.717) is 5.92 Å². The molecule has 0 saturated heterocycles. The maximum atomic E-state index is 3.77. The molecule has 0 amide bonds. The molecule has 2 unspecified atom stereocenters. The summed E-state index contributed by atoms with van der Waals surface area (Å²) in [7, 11) is 0. The van der Waals surface area contributed by atoms with E-state index in [1.807, 2.05) is 6.08 Å². The molecule has 0 aromatic rings. The van der Waals surface area contributed by atoms with Crippen molar-refractivity contribution in [3.8, 4) is 0 Å². The smallest absolute Gasteiger partial charge is 0.0544 e. The molecule has 0 spiro atoms. The van der Waals surface area contributed by atoms with Crippen LogP contribution in [0.25, 0.3) is 0 Å². The monoisotopic (exact) mass is 290 g/mol. The Balaban J connectivity index is 2.78. The van der Waals surface area contributed by atoms with Gasteiger partial charge in [0.15, 0.2) is 0 Å². The number of alkyl halides is 2. The zero-order valence-electron chi connectivity index (χ0n) is 6.84. The molecule has 2 heteroatoms. The third-order valence-electron chi connectivity index (χ3n) is 2.07. The lowest BCUT2D eigenvalue weighted by Gasteiger charge is -2.31. The van der Waals surface area contributed by atoms with Gasteiger partial charge in [0.25, 0.3) is 0 Å². The molecule has 0 nitrogen and oxygen atoms in total. The summed E-state index contributed by atoms with van der Waals surface area (Å²) < 4.78 is 0.0764. The van der Waals surface area contributed by atoms with Crippen LogP contribution >= 0.6 is 31.9 Å². The van der Waals surface area contributed by atoms with Crippen LogP contribution in [0, 0.1) is 5.92 Å². The average Bonchev–Trinajstić information content (AvgIpc) is 2.05. The standard InChI is InChI=1S/C10H12Br2/c1-2-6-10(12)7-4-3-5-9(10)8-11/h2-5,7,9H,1,6,8H2. The zero-order valence-corrected chi connectivity index (χ0v) is 10.0. The second-order valence-corrected chi connectivity index (χ2v) is 5.05. The molecule has 0 heterocycles. The molecular weight excluding hydrogens is 280 g/mol. The Morgan fingerprint density at radius 3 is 2.83 bits per heavy atom. The van der Waals surface area contributed by atoms with Crippen molar-refractivity contribution in [2.45, 2.75) is 10.7 Å². The fraction of sp³-hybridized carbons (Fsp3) is 0.400. The van der Waals surface area contributed by atoms with Crippen LogP contribution in [-0.4, -0.2) is 9.65 Å². The third-order valence-corrected chi connectivity index (χ3v) is 3.94. The summed E-state index contributed by atoms with van der Waals surface area (Å²) in [5, 5.41) is 0.979. The predicted octanol–water partition coefficient (Wildman–Crippen LogP) is 3.83. The minimum atomic E-state index is 0.0764. The SMILES string of the molecule is C=CCC1(Br)C=CC=CC1CBr. The van der Waals surface area contributed by atoms with Gasteiger partial charge in [0.05, 0.1) is 4.32 Å². The molecule has 0 fully saturated rings. The van der Waals surface area contributed by atoms with Gasteiger partial charge < -0.3 is 0 Å². The van der Waals surface area contributed by atoms with E-state index in [0.717, 1.165) is 11.8 Å². The molecule has 1 aliphatic carbocycles. The first kappa shape index (κ1) is 10.3. The highest BCUT2D eigenvalue weighted by Crippen LogP contribution is 2.37. The summed E-state index contributed by atoms with van der Waals surface area (Å²) >= 11 is 7.25. The molecule has 0 aromatic carbocycles. The third kappa shape index (κ3) is 2.11. The Kier molecular flexibility index (Phi) is 3.78. The van der Waals surface area contributed by atoms with Crippen molar-refractivity contribution in [2.24, 2.45) is 5.92 Å². The lowest BCUT2D eigenvalue weighted by Crippen LogP contribution is -2.29. The van der Waals surface area contributed by atoms with Crippen LogP contribution in [0.3, 0.4) is 0 Å². The largest absolute Gasteiger partial charge is 0.103 e. The Hall–Kier alpha value is 0.180. The fourth-order valence-electron chi connectivity index (χ4n) is 1.32. The molecule has 66 valence electrons. The fourth-order valence-corrected chi connectivity index (χ4v) is 3.24. The molecule has 0 bridgehead atoms. The van der Waals surface area contributed by atoms with Crippen LogP contribution < -0.4 is 0 Å². The summed E-state index contributed by atoms with van der Waals surface area (Å²) in [6, 6.07) is 0. The van der Waals surface area contributed by atoms with Gasteiger partial charge in [-0.15, -0.1) is 6.58 Å². The van der Waals surface area contributed by atoms with E-state index in [-0.39, 0.29) is 4.32 Å². The molecule has 1 aliphatic rings. The van der Waals surface area contributed by atoms with Crippen molar-refractivity contribution in [2.75, 3.05) is 5.33 Å². The Morgan fingerprint density at radius 1 is 1.50 bits per heavy atom. The minimum Gasteiger partial charge on any atom is -0.103 e. The molecule has 0 N–H and O–H groups in total. The number of hydrogen-bond donors (Lipinski definition) is 0. The van der Waals surface area contributed by atoms with Gasteiger partial charge in [-0.1, -0.05) is 62.2 Å². The Morgan fingerprint density at radius 2 is 2.25 bits per heavy atom. The van der Waals surface area contributed by atoms with Gasteiger partial charge in [-0.25, -0.2) is 0 Å². The number of allylic oxidation sites excluding steroid dienone is 5. The molecule has 0 aromatic heterocycles. The number of halogens is 2. The van der Waals surface area contributed by atoms with Gasteiger partial charge in [0.1, 0.15) is 0 Å². The lowest BCUT2D eigenvalue weighted by atomic mass is 9.87.